The van der Waals surface area contributed by atoms with Crippen molar-refractivity contribution in [3.05, 3.63) is 54.5 Å². The third kappa shape index (κ3) is 1.60. The summed E-state index contributed by atoms with van der Waals surface area (Å²) in [5.41, 5.74) is 4.07. The highest BCUT2D eigenvalue weighted by atomic mass is 32.2. The molecule has 2 nitrogen and oxygen atoms in total. The summed E-state index contributed by atoms with van der Waals surface area (Å²) in [5.74, 6) is -0.213. The van der Waals surface area contributed by atoms with Crippen molar-refractivity contribution >= 4 is 28.5 Å². The van der Waals surface area contributed by atoms with Gasteiger partial charge in [0.15, 0.2) is 0 Å². The third-order valence-electron chi connectivity index (χ3n) is 3.27. The van der Waals surface area contributed by atoms with Gasteiger partial charge >= 0.3 is 0 Å². The summed E-state index contributed by atoms with van der Waals surface area (Å²) in [6, 6.07) is 12.9. The number of fused-ring (bicyclic) bond motifs is 5. The molecule has 0 amide bonds. The fourth-order valence-electron chi connectivity index (χ4n) is 2.38. The summed E-state index contributed by atoms with van der Waals surface area (Å²) in [6.07, 6.45) is 1.79. The van der Waals surface area contributed by atoms with E-state index in [9.17, 15) is 4.39 Å². The molecule has 3 aromatic rings. The van der Waals surface area contributed by atoms with Gasteiger partial charge in [-0.2, -0.15) is 0 Å². The van der Waals surface area contributed by atoms with E-state index >= 15 is 0 Å². The molecular formula is C15H9FN2S. The molecule has 2 heterocycles. The smallest absolute Gasteiger partial charge is 0.124 e. The Bertz CT molecular complexity index is 801. The van der Waals surface area contributed by atoms with Crippen molar-refractivity contribution in [3.8, 4) is 11.1 Å². The van der Waals surface area contributed by atoms with Gasteiger partial charge in [0.05, 0.1) is 11.2 Å². The van der Waals surface area contributed by atoms with Gasteiger partial charge in [0.1, 0.15) is 5.82 Å². The SMILES string of the molecule is Fc1ccc2c(c1)SNc1c-2ccc2cccnc12. The van der Waals surface area contributed by atoms with Crippen molar-refractivity contribution in [2.75, 3.05) is 4.72 Å². The maximum Gasteiger partial charge on any atom is 0.124 e. The molecule has 1 aliphatic rings. The number of benzene rings is 2. The second-order valence-electron chi connectivity index (χ2n) is 4.41. The first kappa shape index (κ1) is 10.8. The normalized spacial score (nSPS) is 12.7. The molecule has 0 spiro atoms. The number of hydrogen-bond acceptors (Lipinski definition) is 3. The second-order valence-corrected chi connectivity index (χ2v) is 5.26. The van der Waals surface area contributed by atoms with E-state index in [4.69, 9.17) is 0 Å². The minimum absolute atomic E-state index is 0.213. The molecule has 19 heavy (non-hydrogen) atoms. The Morgan fingerprint density at radius 3 is 2.89 bits per heavy atom. The standard InChI is InChI=1S/C15H9FN2S/c16-10-4-6-11-12-5-3-9-2-1-7-17-14(9)15(12)18-19-13(11)8-10/h1-8,18H. The van der Waals surface area contributed by atoms with Crippen LogP contribution in [0.4, 0.5) is 10.1 Å². The highest BCUT2D eigenvalue weighted by molar-refractivity contribution is 8.00. The number of pyridine rings is 1. The molecule has 0 fully saturated rings. The van der Waals surface area contributed by atoms with E-state index in [1.54, 1.807) is 12.3 Å². The number of hydrogen-bond donors (Lipinski definition) is 1. The molecule has 2 aromatic carbocycles. The molecule has 92 valence electrons. The van der Waals surface area contributed by atoms with Gasteiger partial charge in [-0.1, -0.05) is 24.3 Å². The van der Waals surface area contributed by atoms with E-state index < -0.39 is 0 Å². The Morgan fingerprint density at radius 1 is 1.05 bits per heavy atom. The van der Waals surface area contributed by atoms with Gasteiger partial charge in [0, 0.05) is 22.0 Å². The van der Waals surface area contributed by atoms with Crippen molar-refractivity contribution in [3.63, 3.8) is 0 Å². The molecule has 0 atom stereocenters. The molecule has 1 aromatic heterocycles. The first-order valence-electron chi connectivity index (χ1n) is 5.93. The number of anilines is 1. The number of nitrogens with one attached hydrogen (secondary N) is 1. The van der Waals surface area contributed by atoms with Crippen LogP contribution in [0, 0.1) is 5.82 Å². The zero-order chi connectivity index (χ0) is 12.8. The summed E-state index contributed by atoms with van der Waals surface area (Å²) in [4.78, 5) is 5.34. The van der Waals surface area contributed by atoms with E-state index in [0.29, 0.717) is 0 Å². The molecule has 0 radical (unpaired) electrons. The van der Waals surface area contributed by atoms with E-state index in [1.165, 1.54) is 18.0 Å². The van der Waals surface area contributed by atoms with Crippen LogP contribution in [0.5, 0.6) is 0 Å². The minimum atomic E-state index is -0.213. The minimum Gasteiger partial charge on any atom is -0.323 e. The van der Waals surface area contributed by atoms with Crippen LogP contribution in [0.15, 0.2) is 53.6 Å². The summed E-state index contributed by atoms with van der Waals surface area (Å²) in [6.45, 7) is 0. The van der Waals surface area contributed by atoms with Crippen molar-refractivity contribution in [2.45, 2.75) is 4.90 Å². The van der Waals surface area contributed by atoms with Gasteiger partial charge in [0.25, 0.3) is 0 Å². The summed E-state index contributed by atoms with van der Waals surface area (Å²) in [5, 5.41) is 1.10. The molecule has 4 heteroatoms. The lowest BCUT2D eigenvalue weighted by molar-refractivity contribution is 0.624. The van der Waals surface area contributed by atoms with Crippen LogP contribution in [-0.4, -0.2) is 4.98 Å². The highest BCUT2D eigenvalue weighted by Crippen LogP contribution is 2.44. The Balaban J connectivity index is 2.05. The fraction of sp³-hybridized carbons (Fsp3) is 0. The quantitative estimate of drug-likeness (QED) is 0.609. The van der Waals surface area contributed by atoms with Crippen LogP contribution in [0.2, 0.25) is 0 Å². The molecule has 0 unspecified atom stereocenters. The van der Waals surface area contributed by atoms with Crippen LogP contribution in [-0.2, 0) is 0 Å². The molecular weight excluding hydrogens is 259 g/mol. The highest BCUT2D eigenvalue weighted by Gasteiger charge is 2.19. The monoisotopic (exact) mass is 268 g/mol. The first-order chi connectivity index (χ1) is 9.33. The average molecular weight is 268 g/mol. The molecule has 0 aliphatic carbocycles. The third-order valence-corrected chi connectivity index (χ3v) is 4.14. The first-order valence-corrected chi connectivity index (χ1v) is 6.75. The largest absolute Gasteiger partial charge is 0.323 e. The van der Waals surface area contributed by atoms with Crippen molar-refractivity contribution in [1.29, 1.82) is 0 Å². The van der Waals surface area contributed by atoms with Crippen molar-refractivity contribution in [1.82, 2.24) is 4.98 Å². The predicted octanol–water partition coefficient (Wildman–Crippen LogP) is 4.47. The lowest BCUT2D eigenvalue weighted by Gasteiger charge is -2.21. The maximum absolute atomic E-state index is 13.3. The van der Waals surface area contributed by atoms with Gasteiger partial charge in [-0.3, -0.25) is 4.98 Å². The van der Waals surface area contributed by atoms with E-state index in [1.807, 2.05) is 24.3 Å². The van der Waals surface area contributed by atoms with Gasteiger partial charge < -0.3 is 4.72 Å². The van der Waals surface area contributed by atoms with Crippen molar-refractivity contribution in [2.24, 2.45) is 0 Å². The van der Waals surface area contributed by atoms with Gasteiger partial charge in [-0.05, 0) is 35.7 Å². The molecule has 0 saturated carbocycles. The Morgan fingerprint density at radius 2 is 1.95 bits per heavy atom. The summed E-state index contributed by atoms with van der Waals surface area (Å²) in [7, 11) is 0. The molecule has 1 aliphatic heterocycles. The number of aromatic nitrogens is 1. The van der Waals surface area contributed by atoms with Crippen molar-refractivity contribution < 1.29 is 4.39 Å². The zero-order valence-corrected chi connectivity index (χ0v) is 10.7. The average Bonchev–Trinajstić information content (AvgIpc) is 2.46. The predicted molar refractivity (Wildman–Crippen MR) is 76.6 cm³/mol. The van der Waals surface area contributed by atoms with Gasteiger partial charge in [-0.25, -0.2) is 4.39 Å². The topological polar surface area (TPSA) is 24.9 Å². The molecule has 1 N–H and O–H groups in total. The lowest BCUT2D eigenvalue weighted by atomic mass is 10.0. The number of rotatable bonds is 0. The molecule has 4 rings (SSSR count). The van der Waals surface area contributed by atoms with Crippen LogP contribution < -0.4 is 4.72 Å². The lowest BCUT2D eigenvalue weighted by Crippen LogP contribution is -2.00. The van der Waals surface area contributed by atoms with Crippen LogP contribution in [0.1, 0.15) is 0 Å². The second kappa shape index (κ2) is 3.96. The Labute approximate surface area is 113 Å². The molecule has 0 bridgehead atoms. The van der Waals surface area contributed by atoms with Crippen LogP contribution >= 0.6 is 11.9 Å². The fourth-order valence-corrected chi connectivity index (χ4v) is 3.26. The van der Waals surface area contributed by atoms with Crippen LogP contribution in [0.3, 0.4) is 0 Å². The number of nitrogens with zero attached hydrogens (tertiary/aromatic N) is 1. The van der Waals surface area contributed by atoms with E-state index in [0.717, 1.165) is 32.6 Å². The number of halogens is 1. The molecule has 0 saturated heterocycles. The van der Waals surface area contributed by atoms with Crippen LogP contribution in [0.25, 0.3) is 22.0 Å². The summed E-state index contributed by atoms with van der Waals surface area (Å²) < 4.78 is 16.5. The van der Waals surface area contributed by atoms with E-state index in [-0.39, 0.29) is 5.82 Å². The van der Waals surface area contributed by atoms with Gasteiger partial charge in [-0.15, -0.1) is 0 Å². The Hall–Kier alpha value is -2.07. The maximum atomic E-state index is 13.3. The summed E-state index contributed by atoms with van der Waals surface area (Å²) >= 11 is 1.43. The zero-order valence-electron chi connectivity index (χ0n) is 9.85. The Kier molecular flexibility index (Phi) is 2.26. The van der Waals surface area contributed by atoms with E-state index in [2.05, 4.69) is 15.8 Å². The van der Waals surface area contributed by atoms with Gasteiger partial charge in [0.2, 0.25) is 0 Å².